The van der Waals surface area contributed by atoms with Crippen LogP contribution < -0.4 is 4.74 Å². The Bertz CT molecular complexity index is 473. The first-order valence-corrected chi connectivity index (χ1v) is 4.11. The van der Waals surface area contributed by atoms with Gasteiger partial charge in [0.05, 0.1) is 4.92 Å². The molecule has 0 fully saturated rings. The maximum absolute atomic E-state index is 11.9. The molecule has 9 heteroatoms. The summed E-state index contributed by atoms with van der Waals surface area (Å²) in [6.45, 7) is 1.13. The average molecular weight is 250 g/mol. The van der Waals surface area contributed by atoms with Gasteiger partial charge in [-0.2, -0.15) is 0 Å². The smallest absolute Gasteiger partial charge is 0.381 e. The largest absolute Gasteiger partial charge is 0.574 e. The van der Waals surface area contributed by atoms with Crippen molar-refractivity contribution >= 4 is 12.0 Å². The van der Waals surface area contributed by atoms with E-state index in [1.54, 1.807) is 0 Å². The van der Waals surface area contributed by atoms with Gasteiger partial charge in [-0.15, -0.1) is 13.2 Å². The fraction of sp³-hybridized carbons (Fsp3) is 0.250. The molecule has 92 valence electrons. The van der Waals surface area contributed by atoms with Gasteiger partial charge in [0.1, 0.15) is 0 Å². The highest BCUT2D eigenvalue weighted by atomic mass is 19.4. The highest BCUT2D eigenvalue weighted by molar-refractivity contribution is 5.79. The van der Waals surface area contributed by atoms with Gasteiger partial charge in [0.2, 0.25) is 0 Å². The van der Waals surface area contributed by atoms with Gasteiger partial charge >= 0.3 is 17.9 Å². The molecule has 1 heterocycles. The second-order valence-electron chi connectivity index (χ2n) is 2.92. The van der Waals surface area contributed by atoms with Crippen molar-refractivity contribution < 1.29 is 27.6 Å². The van der Waals surface area contributed by atoms with Crippen LogP contribution in [0, 0.1) is 17.0 Å². The Kier molecular flexibility index (Phi) is 3.30. The molecule has 0 aliphatic carbocycles. The summed E-state index contributed by atoms with van der Waals surface area (Å²) in [6, 6.07) is 0. The SMILES string of the molecule is Cc1c(C=O)cnc(OC(F)(F)F)c1[N+](=O)[O-]. The molecule has 0 radical (unpaired) electrons. The maximum atomic E-state index is 11.9. The first kappa shape index (κ1) is 12.9. The van der Waals surface area contributed by atoms with Gasteiger partial charge in [-0.3, -0.25) is 14.9 Å². The van der Waals surface area contributed by atoms with E-state index in [1.165, 1.54) is 0 Å². The van der Waals surface area contributed by atoms with E-state index < -0.39 is 22.9 Å². The molecule has 0 N–H and O–H groups in total. The summed E-state index contributed by atoms with van der Waals surface area (Å²) in [5.41, 5.74) is -1.39. The number of aldehydes is 1. The lowest BCUT2D eigenvalue weighted by Crippen LogP contribution is -2.19. The molecule has 0 saturated heterocycles. The van der Waals surface area contributed by atoms with Crippen molar-refractivity contribution in [1.82, 2.24) is 4.98 Å². The van der Waals surface area contributed by atoms with Gasteiger partial charge in [0.25, 0.3) is 0 Å². The Morgan fingerprint density at radius 3 is 2.53 bits per heavy atom. The number of nitrogens with zero attached hydrogens (tertiary/aromatic N) is 2. The second kappa shape index (κ2) is 4.36. The number of nitro groups is 1. The lowest BCUT2D eigenvalue weighted by atomic mass is 10.1. The summed E-state index contributed by atoms with van der Waals surface area (Å²) in [5.74, 6) is -1.19. The van der Waals surface area contributed by atoms with Gasteiger partial charge in [0.15, 0.2) is 6.29 Å². The summed E-state index contributed by atoms with van der Waals surface area (Å²) in [5, 5.41) is 10.6. The van der Waals surface area contributed by atoms with Crippen LogP contribution in [0.15, 0.2) is 6.20 Å². The summed E-state index contributed by atoms with van der Waals surface area (Å²) in [7, 11) is 0. The van der Waals surface area contributed by atoms with E-state index in [4.69, 9.17) is 0 Å². The number of ether oxygens (including phenoxy) is 1. The molecule has 0 atom stereocenters. The number of alkyl halides is 3. The van der Waals surface area contributed by atoms with Crippen LogP contribution in [0.25, 0.3) is 0 Å². The van der Waals surface area contributed by atoms with Crippen LogP contribution in [-0.4, -0.2) is 22.6 Å². The van der Waals surface area contributed by atoms with E-state index >= 15 is 0 Å². The van der Waals surface area contributed by atoms with Gasteiger partial charge < -0.3 is 4.74 Å². The van der Waals surface area contributed by atoms with Crippen LogP contribution in [0.2, 0.25) is 0 Å². The molecule has 1 rings (SSSR count). The molecule has 0 aromatic carbocycles. The van der Waals surface area contributed by atoms with Gasteiger partial charge in [0, 0.05) is 17.3 Å². The monoisotopic (exact) mass is 250 g/mol. The highest BCUT2D eigenvalue weighted by Crippen LogP contribution is 2.33. The molecule has 1 aromatic heterocycles. The molecule has 17 heavy (non-hydrogen) atoms. The predicted octanol–water partition coefficient (Wildman–Crippen LogP) is 2.01. The van der Waals surface area contributed by atoms with Gasteiger partial charge in [-0.25, -0.2) is 4.98 Å². The number of aromatic nitrogens is 1. The van der Waals surface area contributed by atoms with Crippen LogP contribution >= 0.6 is 0 Å². The van der Waals surface area contributed by atoms with Crippen LogP contribution in [0.4, 0.5) is 18.9 Å². The zero-order chi connectivity index (χ0) is 13.2. The maximum Gasteiger partial charge on any atom is 0.574 e. The summed E-state index contributed by atoms with van der Waals surface area (Å²) in [6.07, 6.45) is -4.06. The number of carbonyl (C=O) groups excluding carboxylic acids is 1. The Labute approximate surface area is 92.2 Å². The standard InChI is InChI=1S/C8H5F3N2O4/c1-4-5(3-14)2-12-7(6(4)13(15)16)17-8(9,10)11/h2-3H,1H3. The first-order chi connectivity index (χ1) is 7.76. The number of hydrogen-bond donors (Lipinski definition) is 0. The van der Waals surface area contributed by atoms with E-state index in [2.05, 4.69) is 9.72 Å². The lowest BCUT2D eigenvalue weighted by Gasteiger charge is -2.09. The molecule has 0 bridgehead atoms. The van der Waals surface area contributed by atoms with Crippen molar-refractivity contribution in [1.29, 1.82) is 0 Å². The quantitative estimate of drug-likeness (QED) is 0.465. The van der Waals surface area contributed by atoms with E-state index in [1.807, 2.05) is 0 Å². The fourth-order valence-electron chi connectivity index (χ4n) is 1.10. The number of hydrogen-bond acceptors (Lipinski definition) is 5. The zero-order valence-electron chi connectivity index (χ0n) is 8.32. The minimum Gasteiger partial charge on any atom is -0.381 e. The van der Waals surface area contributed by atoms with Crippen molar-refractivity contribution in [3.63, 3.8) is 0 Å². The van der Waals surface area contributed by atoms with Crippen molar-refractivity contribution in [2.45, 2.75) is 13.3 Å². The zero-order valence-corrected chi connectivity index (χ0v) is 8.32. The predicted molar refractivity (Wildman–Crippen MR) is 47.7 cm³/mol. The Balaban J connectivity index is 3.36. The van der Waals surface area contributed by atoms with Crippen molar-refractivity contribution in [3.8, 4) is 5.88 Å². The number of halogens is 3. The Morgan fingerprint density at radius 2 is 2.12 bits per heavy atom. The van der Waals surface area contributed by atoms with Crippen molar-refractivity contribution in [3.05, 3.63) is 27.4 Å². The topological polar surface area (TPSA) is 82.3 Å². The number of rotatable bonds is 3. The van der Waals surface area contributed by atoms with E-state index in [0.717, 1.165) is 13.1 Å². The first-order valence-electron chi connectivity index (χ1n) is 4.11. The summed E-state index contributed by atoms with van der Waals surface area (Å²) in [4.78, 5) is 23.1. The minimum atomic E-state index is -5.09. The molecular formula is C8H5F3N2O4. The van der Waals surface area contributed by atoms with Crippen molar-refractivity contribution in [2.75, 3.05) is 0 Å². The minimum absolute atomic E-state index is 0.175. The molecule has 0 aliphatic rings. The normalized spacial score (nSPS) is 11.1. The van der Waals surface area contributed by atoms with Crippen LogP contribution in [0.5, 0.6) is 5.88 Å². The summed E-state index contributed by atoms with van der Waals surface area (Å²) >= 11 is 0. The molecule has 0 aliphatic heterocycles. The molecule has 6 nitrogen and oxygen atoms in total. The van der Waals surface area contributed by atoms with E-state index in [9.17, 15) is 28.1 Å². The van der Waals surface area contributed by atoms with Crippen LogP contribution in [0.1, 0.15) is 15.9 Å². The van der Waals surface area contributed by atoms with Crippen LogP contribution in [0.3, 0.4) is 0 Å². The fourth-order valence-corrected chi connectivity index (χ4v) is 1.10. The highest BCUT2D eigenvalue weighted by Gasteiger charge is 2.36. The average Bonchev–Trinajstić information content (AvgIpc) is 2.14. The van der Waals surface area contributed by atoms with E-state index in [-0.39, 0.29) is 17.4 Å². The molecule has 0 amide bonds. The number of pyridine rings is 1. The van der Waals surface area contributed by atoms with Crippen molar-refractivity contribution in [2.24, 2.45) is 0 Å². The van der Waals surface area contributed by atoms with Gasteiger partial charge in [-0.05, 0) is 6.92 Å². The third-order valence-corrected chi connectivity index (χ3v) is 1.83. The molecular weight excluding hydrogens is 245 g/mol. The van der Waals surface area contributed by atoms with Gasteiger partial charge in [-0.1, -0.05) is 0 Å². The third-order valence-electron chi connectivity index (χ3n) is 1.83. The third kappa shape index (κ3) is 2.89. The Morgan fingerprint density at radius 1 is 1.53 bits per heavy atom. The van der Waals surface area contributed by atoms with E-state index in [0.29, 0.717) is 0 Å². The second-order valence-corrected chi connectivity index (χ2v) is 2.92. The van der Waals surface area contributed by atoms with Crippen LogP contribution in [-0.2, 0) is 0 Å². The summed E-state index contributed by atoms with van der Waals surface area (Å²) < 4.78 is 39.2. The number of carbonyl (C=O) groups is 1. The molecule has 0 spiro atoms. The Hall–Kier alpha value is -2.19. The lowest BCUT2D eigenvalue weighted by molar-refractivity contribution is -0.389. The molecule has 0 unspecified atom stereocenters. The molecule has 0 saturated carbocycles. The molecule has 1 aromatic rings.